The fraction of sp³-hybridized carbons (Fsp3) is 0.174. The van der Waals surface area contributed by atoms with E-state index < -0.39 is 0 Å². The maximum atomic E-state index is 12.5. The standard InChI is InChI=1S/C23H22N2O/c26-23(24-22-12-6-10-20-9-4-5-11-21(20)22)17-25-15-13-19(14-16-25)18-7-2-1-3-8-18/h1-13H,14-17H2,(H,24,26)/p+1. The zero-order valence-corrected chi connectivity index (χ0v) is 14.7. The third-order valence-corrected chi connectivity index (χ3v) is 5.00. The van der Waals surface area contributed by atoms with Crippen LogP contribution in [-0.2, 0) is 4.79 Å². The van der Waals surface area contributed by atoms with Gasteiger partial charge in [-0.05, 0) is 28.7 Å². The monoisotopic (exact) mass is 343 g/mol. The molecule has 0 aliphatic carbocycles. The molecule has 0 saturated heterocycles. The van der Waals surface area contributed by atoms with Crippen molar-refractivity contribution < 1.29 is 9.69 Å². The lowest BCUT2D eigenvalue weighted by atomic mass is 10.00. The molecule has 26 heavy (non-hydrogen) atoms. The van der Waals surface area contributed by atoms with Gasteiger partial charge in [0.25, 0.3) is 5.91 Å². The Balaban J connectivity index is 1.39. The summed E-state index contributed by atoms with van der Waals surface area (Å²) < 4.78 is 0. The van der Waals surface area contributed by atoms with Crippen LogP contribution in [0.4, 0.5) is 5.69 Å². The number of quaternary nitrogens is 1. The van der Waals surface area contributed by atoms with Gasteiger partial charge in [0.1, 0.15) is 0 Å². The predicted molar refractivity (Wildman–Crippen MR) is 107 cm³/mol. The van der Waals surface area contributed by atoms with Gasteiger partial charge < -0.3 is 10.2 Å². The number of hydrogen-bond donors (Lipinski definition) is 2. The molecule has 3 aromatic carbocycles. The molecule has 1 unspecified atom stereocenters. The first-order valence-electron chi connectivity index (χ1n) is 9.15. The third kappa shape index (κ3) is 3.68. The van der Waals surface area contributed by atoms with E-state index in [2.05, 4.69) is 47.8 Å². The number of hydrogen-bond acceptors (Lipinski definition) is 1. The summed E-state index contributed by atoms with van der Waals surface area (Å²) in [7, 11) is 0. The highest BCUT2D eigenvalue weighted by Crippen LogP contribution is 2.22. The minimum Gasteiger partial charge on any atom is -0.324 e. The maximum absolute atomic E-state index is 12.5. The molecule has 0 fully saturated rings. The molecule has 1 heterocycles. The molecule has 130 valence electrons. The van der Waals surface area contributed by atoms with Crippen LogP contribution in [-0.4, -0.2) is 25.5 Å². The first-order chi connectivity index (χ1) is 12.8. The lowest BCUT2D eigenvalue weighted by molar-refractivity contribution is -0.886. The summed E-state index contributed by atoms with van der Waals surface area (Å²) in [5, 5.41) is 5.33. The smallest absolute Gasteiger partial charge is 0.279 e. The topological polar surface area (TPSA) is 33.5 Å². The largest absolute Gasteiger partial charge is 0.324 e. The van der Waals surface area contributed by atoms with Crippen LogP contribution < -0.4 is 10.2 Å². The molecule has 1 atom stereocenters. The van der Waals surface area contributed by atoms with Crippen LogP contribution in [0.2, 0.25) is 0 Å². The Labute approximate surface area is 154 Å². The highest BCUT2D eigenvalue weighted by atomic mass is 16.2. The Morgan fingerprint density at radius 1 is 0.923 bits per heavy atom. The number of carbonyl (C=O) groups excluding carboxylic acids is 1. The molecule has 4 rings (SSSR count). The van der Waals surface area contributed by atoms with Crippen LogP contribution in [0.1, 0.15) is 12.0 Å². The number of rotatable bonds is 4. The van der Waals surface area contributed by atoms with Crippen LogP contribution in [0.5, 0.6) is 0 Å². The van der Waals surface area contributed by atoms with Gasteiger partial charge in [0, 0.05) is 17.5 Å². The molecule has 1 aliphatic rings. The average Bonchev–Trinajstić information content (AvgIpc) is 2.69. The molecule has 3 nitrogen and oxygen atoms in total. The second kappa shape index (κ2) is 7.54. The number of nitrogens with one attached hydrogen (secondary N) is 2. The van der Waals surface area contributed by atoms with Gasteiger partial charge in [0.2, 0.25) is 0 Å². The van der Waals surface area contributed by atoms with Gasteiger partial charge >= 0.3 is 0 Å². The van der Waals surface area contributed by atoms with Crippen molar-refractivity contribution in [1.29, 1.82) is 0 Å². The van der Waals surface area contributed by atoms with Crippen molar-refractivity contribution in [3.05, 3.63) is 84.4 Å². The van der Waals surface area contributed by atoms with Gasteiger partial charge in [-0.25, -0.2) is 0 Å². The summed E-state index contributed by atoms with van der Waals surface area (Å²) in [6.45, 7) is 2.39. The normalized spacial score (nSPS) is 16.9. The predicted octanol–water partition coefficient (Wildman–Crippen LogP) is 3.15. The summed E-state index contributed by atoms with van der Waals surface area (Å²) in [6.07, 6.45) is 3.29. The van der Waals surface area contributed by atoms with Gasteiger partial charge in [-0.1, -0.05) is 66.7 Å². The molecular formula is C23H23N2O+. The van der Waals surface area contributed by atoms with Gasteiger partial charge in [-0.15, -0.1) is 0 Å². The van der Waals surface area contributed by atoms with Crippen molar-refractivity contribution >= 4 is 27.9 Å². The van der Waals surface area contributed by atoms with E-state index in [0.717, 1.165) is 36.0 Å². The van der Waals surface area contributed by atoms with Crippen LogP contribution in [0.15, 0.2) is 78.9 Å². The SMILES string of the molecule is O=C(C[NH+]1CC=C(c2ccccc2)CC1)Nc1cccc2ccccc12. The summed E-state index contributed by atoms with van der Waals surface area (Å²) >= 11 is 0. The highest BCUT2D eigenvalue weighted by Gasteiger charge is 2.19. The molecule has 1 amide bonds. The number of carbonyl (C=O) groups is 1. The summed E-state index contributed by atoms with van der Waals surface area (Å²) in [5.41, 5.74) is 3.58. The summed E-state index contributed by atoms with van der Waals surface area (Å²) in [4.78, 5) is 13.8. The lowest BCUT2D eigenvalue weighted by Gasteiger charge is -2.23. The van der Waals surface area contributed by atoms with Gasteiger partial charge in [-0.2, -0.15) is 0 Å². The second-order valence-electron chi connectivity index (χ2n) is 6.80. The third-order valence-electron chi connectivity index (χ3n) is 5.00. The van der Waals surface area contributed by atoms with Crippen molar-refractivity contribution in [2.75, 3.05) is 25.0 Å². The van der Waals surface area contributed by atoms with E-state index in [1.807, 2.05) is 36.4 Å². The lowest BCUT2D eigenvalue weighted by Crippen LogP contribution is -3.13. The minimum atomic E-state index is 0.0768. The average molecular weight is 343 g/mol. The van der Waals surface area contributed by atoms with Gasteiger partial charge in [-0.3, -0.25) is 4.79 Å². The molecule has 0 radical (unpaired) electrons. The molecule has 3 aromatic rings. The van der Waals surface area contributed by atoms with Crippen molar-refractivity contribution in [2.24, 2.45) is 0 Å². The fourth-order valence-electron chi connectivity index (χ4n) is 3.61. The van der Waals surface area contributed by atoms with E-state index in [9.17, 15) is 4.79 Å². The van der Waals surface area contributed by atoms with Crippen molar-refractivity contribution in [2.45, 2.75) is 6.42 Å². The number of benzene rings is 3. The minimum absolute atomic E-state index is 0.0768. The Hall–Kier alpha value is -2.91. The Morgan fingerprint density at radius 3 is 2.50 bits per heavy atom. The quantitative estimate of drug-likeness (QED) is 0.750. The molecule has 0 bridgehead atoms. The molecule has 3 heteroatoms. The summed E-state index contributed by atoms with van der Waals surface area (Å²) in [6, 6.07) is 24.7. The van der Waals surface area contributed by atoms with Crippen molar-refractivity contribution in [1.82, 2.24) is 0 Å². The van der Waals surface area contributed by atoms with E-state index in [-0.39, 0.29) is 5.91 Å². The van der Waals surface area contributed by atoms with E-state index in [0.29, 0.717) is 6.54 Å². The highest BCUT2D eigenvalue weighted by molar-refractivity contribution is 6.02. The molecule has 1 aliphatic heterocycles. The summed E-state index contributed by atoms with van der Waals surface area (Å²) in [5.74, 6) is 0.0768. The van der Waals surface area contributed by atoms with Crippen LogP contribution in [0.25, 0.3) is 16.3 Å². The Bertz CT molecular complexity index is 941. The van der Waals surface area contributed by atoms with Crippen LogP contribution in [0.3, 0.4) is 0 Å². The van der Waals surface area contributed by atoms with E-state index >= 15 is 0 Å². The molecule has 0 saturated carbocycles. The van der Waals surface area contributed by atoms with Gasteiger partial charge in [0.05, 0.1) is 13.1 Å². The Morgan fingerprint density at radius 2 is 1.69 bits per heavy atom. The molecular weight excluding hydrogens is 320 g/mol. The fourth-order valence-corrected chi connectivity index (χ4v) is 3.61. The van der Waals surface area contributed by atoms with E-state index in [1.54, 1.807) is 0 Å². The maximum Gasteiger partial charge on any atom is 0.279 e. The first-order valence-corrected chi connectivity index (χ1v) is 9.15. The van der Waals surface area contributed by atoms with E-state index in [1.165, 1.54) is 16.0 Å². The van der Waals surface area contributed by atoms with Crippen molar-refractivity contribution in [3.8, 4) is 0 Å². The zero-order chi connectivity index (χ0) is 17.8. The molecule has 0 aromatic heterocycles. The van der Waals surface area contributed by atoms with Crippen LogP contribution in [0, 0.1) is 0 Å². The zero-order valence-electron chi connectivity index (χ0n) is 14.7. The second-order valence-corrected chi connectivity index (χ2v) is 6.80. The van der Waals surface area contributed by atoms with Crippen LogP contribution >= 0.6 is 0 Å². The van der Waals surface area contributed by atoms with Crippen molar-refractivity contribution in [3.63, 3.8) is 0 Å². The first kappa shape index (κ1) is 16.6. The number of anilines is 1. The molecule has 2 N–H and O–H groups in total. The molecule has 0 spiro atoms. The number of fused-ring (bicyclic) bond motifs is 1. The van der Waals surface area contributed by atoms with E-state index in [4.69, 9.17) is 0 Å². The van der Waals surface area contributed by atoms with Gasteiger partial charge in [0.15, 0.2) is 6.54 Å². The Kier molecular flexibility index (Phi) is 4.80. The number of amides is 1.